The van der Waals surface area contributed by atoms with Crippen molar-refractivity contribution in [1.82, 2.24) is 4.57 Å². The molecule has 2 heteroatoms. The molecule has 1 heterocycles. The van der Waals surface area contributed by atoms with Gasteiger partial charge in [0.25, 0.3) is 0 Å². The standard InChI is InChI=1S/C58H42N2/c1-39-36-52(56(37-40(39)2)59(44-20-8-4-9-21-44)45-22-10-5-11-23-45)43-32-35-55-53(38-43)47-24-16-17-29-54(47)60(55)46-33-30-42(31-34-46)58-50-27-14-12-25-48(50)57(41-18-6-3-7-19-41)49-26-13-15-28-51(49)58/h3-38H,1-2H3. The third kappa shape index (κ3) is 5.88. The van der Waals surface area contributed by atoms with Gasteiger partial charge in [-0.15, -0.1) is 0 Å². The molecule has 0 amide bonds. The Kier molecular flexibility index (Phi) is 8.64. The summed E-state index contributed by atoms with van der Waals surface area (Å²) in [6, 6.07) is 79.7. The minimum atomic E-state index is 1.13. The Balaban J connectivity index is 1.07. The van der Waals surface area contributed by atoms with Crippen LogP contribution in [0.1, 0.15) is 11.1 Å². The minimum absolute atomic E-state index is 1.13. The van der Waals surface area contributed by atoms with Crippen molar-refractivity contribution in [3.63, 3.8) is 0 Å². The van der Waals surface area contributed by atoms with Gasteiger partial charge in [-0.1, -0.05) is 152 Å². The van der Waals surface area contributed by atoms with Crippen molar-refractivity contribution in [1.29, 1.82) is 0 Å². The van der Waals surface area contributed by atoms with E-state index in [1.807, 2.05) is 0 Å². The highest BCUT2D eigenvalue weighted by Gasteiger charge is 2.21. The molecule has 0 spiro atoms. The Morgan fingerprint density at radius 1 is 0.333 bits per heavy atom. The van der Waals surface area contributed by atoms with E-state index >= 15 is 0 Å². The van der Waals surface area contributed by atoms with E-state index in [1.165, 1.54) is 87.9 Å². The summed E-state index contributed by atoms with van der Waals surface area (Å²) in [4.78, 5) is 2.39. The van der Waals surface area contributed by atoms with Crippen LogP contribution in [0.25, 0.3) is 82.4 Å². The Morgan fingerprint density at radius 3 is 1.33 bits per heavy atom. The van der Waals surface area contributed by atoms with Crippen molar-refractivity contribution in [2.24, 2.45) is 0 Å². The monoisotopic (exact) mass is 766 g/mol. The Morgan fingerprint density at radius 2 is 0.767 bits per heavy atom. The van der Waals surface area contributed by atoms with Gasteiger partial charge in [-0.25, -0.2) is 0 Å². The lowest BCUT2D eigenvalue weighted by Crippen LogP contribution is -2.11. The summed E-state index contributed by atoms with van der Waals surface area (Å²) in [5.41, 5.74) is 16.8. The van der Waals surface area contributed by atoms with E-state index in [4.69, 9.17) is 0 Å². The smallest absolute Gasteiger partial charge is 0.0542 e. The number of rotatable bonds is 7. The van der Waals surface area contributed by atoms with Crippen LogP contribution >= 0.6 is 0 Å². The largest absolute Gasteiger partial charge is 0.310 e. The molecule has 11 rings (SSSR count). The fraction of sp³-hybridized carbons (Fsp3) is 0.0345. The minimum Gasteiger partial charge on any atom is -0.310 e. The predicted molar refractivity (Wildman–Crippen MR) is 256 cm³/mol. The highest BCUT2D eigenvalue weighted by atomic mass is 15.1. The van der Waals surface area contributed by atoms with Crippen LogP contribution in [0, 0.1) is 13.8 Å². The fourth-order valence-corrected chi connectivity index (χ4v) is 9.35. The van der Waals surface area contributed by atoms with E-state index in [0.29, 0.717) is 0 Å². The molecule has 11 aromatic rings. The molecule has 0 atom stereocenters. The maximum atomic E-state index is 2.43. The van der Waals surface area contributed by atoms with Gasteiger partial charge in [0.1, 0.15) is 0 Å². The number of anilines is 3. The van der Waals surface area contributed by atoms with Crippen LogP contribution in [-0.4, -0.2) is 4.57 Å². The summed E-state index contributed by atoms with van der Waals surface area (Å²) in [6.07, 6.45) is 0. The maximum absolute atomic E-state index is 2.43. The molecule has 2 nitrogen and oxygen atoms in total. The number of nitrogens with zero attached hydrogens (tertiary/aromatic N) is 2. The molecule has 1 aromatic heterocycles. The second-order valence-electron chi connectivity index (χ2n) is 15.8. The Bertz CT molecular complexity index is 3270. The lowest BCUT2D eigenvalue weighted by molar-refractivity contribution is 1.18. The van der Waals surface area contributed by atoms with Gasteiger partial charge in [0.15, 0.2) is 0 Å². The van der Waals surface area contributed by atoms with Crippen molar-refractivity contribution in [2.75, 3.05) is 4.90 Å². The molecule has 0 saturated heterocycles. The van der Waals surface area contributed by atoms with Crippen molar-refractivity contribution >= 4 is 60.4 Å². The fourth-order valence-electron chi connectivity index (χ4n) is 9.35. The summed E-state index contributed by atoms with van der Waals surface area (Å²) < 4.78 is 2.43. The van der Waals surface area contributed by atoms with E-state index in [9.17, 15) is 0 Å². The quantitative estimate of drug-likeness (QED) is 0.147. The molecule has 284 valence electrons. The molecule has 0 aliphatic rings. The molecule has 0 aliphatic carbocycles. The number of hydrogen-bond donors (Lipinski definition) is 0. The summed E-state index contributed by atoms with van der Waals surface area (Å²) in [6.45, 7) is 4.43. The average Bonchev–Trinajstić information content (AvgIpc) is 3.64. The van der Waals surface area contributed by atoms with E-state index in [2.05, 4.69) is 242 Å². The van der Waals surface area contributed by atoms with Crippen LogP contribution in [0.5, 0.6) is 0 Å². The average molecular weight is 767 g/mol. The molecule has 0 aliphatic heterocycles. The summed E-state index contributed by atoms with van der Waals surface area (Å²) in [5.74, 6) is 0. The third-order valence-electron chi connectivity index (χ3n) is 12.3. The first-order valence-electron chi connectivity index (χ1n) is 20.8. The molecule has 10 aromatic carbocycles. The molecule has 0 N–H and O–H groups in total. The second-order valence-corrected chi connectivity index (χ2v) is 15.8. The molecule has 0 fully saturated rings. The number of hydrogen-bond acceptors (Lipinski definition) is 1. The van der Waals surface area contributed by atoms with E-state index in [-0.39, 0.29) is 0 Å². The van der Waals surface area contributed by atoms with Crippen LogP contribution in [0.2, 0.25) is 0 Å². The van der Waals surface area contributed by atoms with Crippen LogP contribution < -0.4 is 4.90 Å². The van der Waals surface area contributed by atoms with Gasteiger partial charge < -0.3 is 9.47 Å². The number of fused-ring (bicyclic) bond motifs is 5. The number of para-hydroxylation sites is 3. The number of aromatic nitrogens is 1. The first-order valence-corrected chi connectivity index (χ1v) is 20.8. The number of aryl methyl sites for hydroxylation is 2. The topological polar surface area (TPSA) is 8.17 Å². The van der Waals surface area contributed by atoms with Gasteiger partial charge in [-0.3, -0.25) is 0 Å². The van der Waals surface area contributed by atoms with Gasteiger partial charge >= 0.3 is 0 Å². The van der Waals surface area contributed by atoms with Gasteiger partial charge in [0, 0.05) is 33.4 Å². The Hall–Kier alpha value is -7.68. The predicted octanol–water partition coefficient (Wildman–Crippen LogP) is 16.2. The molecular formula is C58H42N2. The van der Waals surface area contributed by atoms with Crippen LogP contribution in [0.3, 0.4) is 0 Å². The van der Waals surface area contributed by atoms with Gasteiger partial charge in [0.2, 0.25) is 0 Å². The van der Waals surface area contributed by atoms with E-state index < -0.39 is 0 Å². The van der Waals surface area contributed by atoms with Gasteiger partial charge in [-0.05, 0) is 141 Å². The molecular weight excluding hydrogens is 725 g/mol. The molecule has 0 saturated carbocycles. The first kappa shape index (κ1) is 35.5. The third-order valence-corrected chi connectivity index (χ3v) is 12.3. The second kappa shape index (κ2) is 14.6. The zero-order chi connectivity index (χ0) is 40.2. The first-order chi connectivity index (χ1) is 29.6. The lowest BCUT2D eigenvalue weighted by atomic mass is 9.86. The molecule has 0 radical (unpaired) electrons. The van der Waals surface area contributed by atoms with Crippen molar-refractivity contribution < 1.29 is 0 Å². The summed E-state index contributed by atoms with van der Waals surface area (Å²) >= 11 is 0. The molecule has 0 unspecified atom stereocenters. The van der Waals surface area contributed by atoms with Gasteiger partial charge in [-0.2, -0.15) is 0 Å². The molecule has 60 heavy (non-hydrogen) atoms. The highest BCUT2D eigenvalue weighted by molar-refractivity contribution is 6.21. The zero-order valence-electron chi connectivity index (χ0n) is 33.7. The van der Waals surface area contributed by atoms with Crippen LogP contribution in [-0.2, 0) is 0 Å². The zero-order valence-corrected chi connectivity index (χ0v) is 33.7. The normalized spacial score (nSPS) is 11.5. The SMILES string of the molecule is Cc1cc(-c2ccc3c(c2)c2ccccc2n3-c2ccc(-c3c4ccccc4c(-c4ccccc4)c4ccccc34)cc2)c(N(c2ccccc2)c2ccccc2)cc1C. The van der Waals surface area contributed by atoms with E-state index in [1.54, 1.807) is 0 Å². The van der Waals surface area contributed by atoms with Crippen LogP contribution in [0.15, 0.2) is 218 Å². The van der Waals surface area contributed by atoms with Gasteiger partial charge in [0.05, 0.1) is 16.7 Å². The van der Waals surface area contributed by atoms with Crippen LogP contribution in [0.4, 0.5) is 17.1 Å². The number of benzene rings is 10. The summed E-state index contributed by atoms with van der Waals surface area (Å²) in [5, 5.41) is 7.52. The summed E-state index contributed by atoms with van der Waals surface area (Å²) in [7, 11) is 0. The van der Waals surface area contributed by atoms with Crippen molar-refractivity contribution in [2.45, 2.75) is 13.8 Å². The van der Waals surface area contributed by atoms with Crippen molar-refractivity contribution in [3.8, 4) is 39.1 Å². The Labute approximate surface area is 350 Å². The van der Waals surface area contributed by atoms with E-state index in [0.717, 1.165) is 22.7 Å². The van der Waals surface area contributed by atoms with Crippen molar-refractivity contribution in [3.05, 3.63) is 230 Å². The molecule has 0 bridgehead atoms. The lowest BCUT2D eigenvalue weighted by Gasteiger charge is -2.29. The highest BCUT2D eigenvalue weighted by Crippen LogP contribution is 2.46. The maximum Gasteiger partial charge on any atom is 0.0542 e.